The molecule has 3 aromatic carbocycles. The lowest BCUT2D eigenvalue weighted by Gasteiger charge is -2.39. The van der Waals surface area contributed by atoms with Gasteiger partial charge in [-0.25, -0.2) is 14.0 Å². The number of nitrogens with one attached hydrogen (secondary N) is 2. The number of aromatic amines is 1. The summed E-state index contributed by atoms with van der Waals surface area (Å²) in [5, 5.41) is 19.6. The van der Waals surface area contributed by atoms with Crippen LogP contribution in [0.5, 0.6) is 0 Å². The minimum atomic E-state index is -5.08. The summed E-state index contributed by atoms with van der Waals surface area (Å²) in [4.78, 5) is 39.7. The van der Waals surface area contributed by atoms with Crippen LogP contribution in [-0.4, -0.2) is 83.5 Å². The van der Waals surface area contributed by atoms with Gasteiger partial charge in [-0.1, -0.05) is 48.9 Å². The van der Waals surface area contributed by atoms with Gasteiger partial charge in [-0.15, -0.1) is 0 Å². The van der Waals surface area contributed by atoms with Crippen LogP contribution in [0.25, 0.3) is 10.9 Å². The van der Waals surface area contributed by atoms with E-state index in [1.165, 1.54) is 12.1 Å². The molecule has 0 aliphatic carbocycles. The number of fused-ring (bicyclic) bond motifs is 2. The number of para-hydroxylation sites is 1. The summed E-state index contributed by atoms with van der Waals surface area (Å²) in [6.07, 6.45) is -7.28. The van der Waals surface area contributed by atoms with Crippen LogP contribution in [0.1, 0.15) is 29.5 Å². The smallest absolute Gasteiger partial charge is 0.475 e. The Kier molecular flexibility index (Phi) is 14.2. The van der Waals surface area contributed by atoms with E-state index >= 15 is 0 Å². The molecular formula is C35H36ClF7N4O5. The van der Waals surface area contributed by atoms with E-state index in [-0.39, 0.29) is 17.6 Å². The monoisotopic (exact) mass is 760 g/mol. The van der Waals surface area contributed by atoms with Crippen LogP contribution in [0.4, 0.5) is 36.4 Å². The highest BCUT2D eigenvalue weighted by atomic mass is 35.5. The van der Waals surface area contributed by atoms with Gasteiger partial charge in [-0.3, -0.25) is 4.79 Å². The minimum Gasteiger partial charge on any atom is -0.475 e. The first-order valence-electron chi connectivity index (χ1n) is 15.6. The molecule has 0 spiro atoms. The Hall–Kier alpha value is -4.67. The van der Waals surface area contributed by atoms with Crippen molar-refractivity contribution in [3.63, 3.8) is 0 Å². The molecule has 0 radical (unpaired) electrons. The fourth-order valence-corrected chi connectivity index (χ4v) is 5.88. The third kappa shape index (κ3) is 11.7. The molecule has 1 aromatic heterocycles. The number of nitrogens with zero attached hydrogens (tertiary/aromatic N) is 2. The Labute approximate surface area is 299 Å². The Morgan fingerprint density at radius 3 is 2.10 bits per heavy atom. The van der Waals surface area contributed by atoms with Gasteiger partial charge < -0.3 is 30.3 Å². The van der Waals surface area contributed by atoms with Gasteiger partial charge in [0.15, 0.2) is 0 Å². The third-order valence-corrected chi connectivity index (χ3v) is 8.21. The van der Waals surface area contributed by atoms with Gasteiger partial charge in [0.25, 0.3) is 0 Å². The summed E-state index contributed by atoms with van der Waals surface area (Å²) < 4.78 is 77.0. The summed E-state index contributed by atoms with van der Waals surface area (Å²) in [6, 6.07) is 19.9. The highest BCUT2D eigenvalue weighted by molar-refractivity contribution is 6.30. The molecule has 52 heavy (non-hydrogen) atoms. The quantitative estimate of drug-likeness (QED) is 0.139. The molecule has 4 N–H and O–H groups in total. The second kappa shape index (κ2) is 17.7. The van der Waals surface area contributed by atoms with Crippen LogP contribution >= 0.6 is 11.6 Å². The van der Waals surface area contributed by atoms with Crippen molar-refractivity contribution in [2.75, 3.05) is 32.1 Å². The number of aliphatic carboxylic acids is 2. The van der Waals surface area contributed by atoms with Crippen LogP contribution in [0.2, 0.25) is 5.02 Å². The summed E-state index contributed by atoms with van der Waals surface area (Å²) in [7, 11) is 4.12. The second-order valence-electron chi connectivity index (χ2n) is 12.2. The lowest BCUT2D eigenvalue weighted by Crippen LogP contribution is -2.52. The van der Waals surface area contributed by atoms with Crippen molar-refractivity contribution in [2.45, 2.75) is 44.2 Å². The number of H-pyrrole nitrogens is 1. The molecule has 0 bridgehead atoms. The lowest BCUT2D eigenvalue weighted by molar-refractivity contribution is -0.193. The molecule has 0 saturated heterocycles. The lowest BCUT2D eigenvalue weighted by atomic mass is 9.88. The number of hydrogen-bond acceptors (Lipinski definition) is 5. The van der Waals surface area contributed by atoms with E-state index in [0.717, 1.165) is 46.2 Å². The average Bonchev–Trinajstić information content (AvgIpc) is 3.48. The fourth-order valence-electron chi connectivity index (χ4n) is 5.69. The van der Waals surface area contributed by atoms with E-state index in [4.69, 9.17) is 31.4 Å². The molecular weight excluding hydrogens is 725 g/mol. The maximum atomic E-state index is 14.5. The van der Waals surface area contributed by atoms with Gasteiger partial charge in [-0.2, -0.15) is 26.3 Å². The number of carboxylic acids is 2. The summed E-state index contributed by atoms with van der Waals surface area (Å²) in [6.45, 7) is 4.06. The molecule has 0 saturated carbocycles. The van der Waals surface area contributed by atoms with E-state index in [9.17, 15) is 35.5 Å². The Morgan fingerprint density at radius 2 is 1.54 bits per heavy atom. The number of anilines is 1. The summed E-state index contributed by atoms with van der Waals surface area (Å²) in [5.74, 6) is -5.59. The van der Waals surface area contributed by atoms with Gasteiger partial charge in [0.05, 0.1) is 6.04 Å². The Morgan fingerprint density at radius 1 is 0.962 bits per heavy atom. The molecule has 1 aliphatic heterocycles. The van der Waals surface area contributed by atoms with Crippen LogP contribution in [0, 0.1) is 11.7 Å². The predicted octanol–water partition coefficient (Wildman–Crippen LogP) is 7.26. The Balaban J connectivity index is 0.000000441. The number of rotatable bonds is 8. The molecule has 9 nitrogen and oxygen atoms in total. The molecule has 1 aliphatic rings. The second-order valence-corrected chi connectivity index (χ2v) is 12.7. The van der Waals surface area contributed by atoms with Gasteiger partial charge in [0.2, 0.25) is 5.91 Å². The number of alkyl halides is 6. The highest BCUT2D eigenvalue weighted by Crippen LogP contribution is 2.35. The summed E-state index contributed by atoms with van der Waals surface area (Å²) >= 11 is 6.37. The molecule has 4 aromatic rings. The van der Waals surface area contributed by atoms with Crippen LogP contribution in [-0.2, 0) is 27.3 Å². The van der Waals surface area contributed by atoms with Crippen molar-refractivity contribution in [1.82, 2.24) is 15.2 Å². The van der Waals surface area contributed by atoms with Crippen molar-refractivity contribution in [2.24, 2.45) is 5.92 Å². The van der Waals surface area contributed by atoms with Gasteiger partial charge in [0, 0.05) is 53.4 Å². The number of carbonyl (C=O) groups is 3. The maximum Gasteiger partial charge on any atom is 0.490 e. The number of hydrogen-bond donors (Lipinski definition) is 4. The van der Waals surface area contributed by atoms with Gasteiger partial charge >= 0.3 is 24.3 Å². The van der Waals surface area contributed by atoms with Crippen LogP contribution < -0.4 is 10.2 Å². The zero-order valence-electron chi connectivity index (χ0n) is 28.0. The number of amides is 1. The van der Waals surface area contributed by atoms with E-state index in [1.54, 1.807) is 12.1 Å². The predicted molar refractivity (Wildman–Crippen MR) is 181 cm³/mol. The normalized spacial score (nSPS) is 15.5. The van der Waals surface area contributed by atoms with E-state index in [1.807, 2.05) is 47.5 Å². The van der Waals surface area contributed by atoms with E-state index < -0.39 is 30.3 Å². The van der Waals surface area contributed by atoms with E-state index in [2.05, 4.69) is 42.3 Å². The molecule has 5 rings (SSSR count). The Bertz CT molecular complexity index is 1810. The van der Waals surface area contributed by atoms with Crippen LogP contribution in [0.15, 0.2) is 72.9 Å². The first kappa shape index (κ1) is 41.7. The fraction of sp³-hybridized carbons (Fsp3) is 0.343. The molecule has 1 amide bonds. The summed E-state index contributed by atoms with van der Waals surface area (Å²) in [5.41, 5.74) is 5.08. The first-order valence-corrected chi connectivity index (χ1v) is 15.9. The van der Waals surface area contributed by atoms with Crippen molar-refractivity contribution in [3.05, 3.63) is 100 Å². The maximum absolute atomic E-state index is 14.5. The average molecular weight is 761 g/mol. The molecule has 17 heteroatoms. The highest BCUT2D eigenvalue weighted by Gasteiger charge is 2.39. The number of halogens is 8. The molecule has 0 fully saturated rings. The number of carbonyl (C=O) groups excluding carboxylic acids is 1. The SMILES string of the molecule is CC(c1c[nH]c2ccccc12)C(NCc1ccc(F)cc1)C(=O)N1C[C@@H](CN(C)C)Cc2cc(Cl)ccc21.O=C(O)C(F)(F)F.O=C(O)C(F)(F)F. The van der Waals surface area contributed by atoms with Crippen molar-refractivity contribution in [1.29, 1.82) is 0 Å². The van der Waals surface area contributed by atoms with E-state index in [0.29, 0.717) is 24.0 Å². The van der Waals surface area contributed by atoms with Gasteiger partial charge in [-0.05, 0) is 79.5 Å². The van der Waals surface area contributed by atoms with Gasteiger partial charge in [0.1, 0.15) is 5.82 Å². The molecule has 2 unspecified atom stereocenters. The van der Waals surface area contributed by atoms with Crippen molar-refractivity contribution in [3.8, 4) is 0 Å². The molecule has 2 heterocycles. The van der Waals surface area contributed by atoms with Crippen molar-refractivity contribution < 1.29 is 55.3 Å². The molecule has 3 atom stereocenters. The number of aromatic nitrogens is 1. The topological polar surface area (TPSA) is 126 Å². The van der Waals surface area contributed by atoms with Crippen LogP contribution in [0.3, 0.4) is 0 Å². The minimum absolute atomic E-state index is 0.0249. The van der Waals surface area contributed by atoms with Crippen molar-refractivity contribution >= 4 is 46.0 Å². The zero-order chi connectivity index (χ0) is 39.0. The molecule has 282 valence electrons. The zero-order valence-corrected chi connectivity index (χ0v) is 28.8. The first-order chi connectivity index (χ1) is 24.2. The standard InChI is InChI=1S/C31H34ClFN4O.2C2HF3O2/c1-20(27-17-34-28-7-5-4-6-26(27)28)30(35-16-21-8-11-25(33)12-9-21)31(38)37-19-22(18-36(2)3)14-23-15-24(32)10-13-29(23)37;2*3-2(4,5)1(6)7/h4-13,15,17,20,22,30,34-35H,14,16,18-19H2,1-3H3;2*(H,6,7)/t20?,22-,30?;;/m1../s1. The largest absolute Gasteiger partial charge is 0.490 e. The third-order valence-electron chi connectivity index (χ3n) is 7.97. The number of benzene rings is 3. The number of carboxylic acid groups (broad SMARTS) is 2.